The molecule has 1 aromatic rings. The van der Waals surface area contributed by atoms with Crippen molar-refractivity contribution in [2.24, 2.45) is 0 Å². The van der Waals surface area contributed by atoms with Crippen molar-refractivity contribution in [2.75, 3.05) is 0 Å². The molecule has 1 aromatic carbocycles. The first-order chi connectivity index (χ1) is 4.18. The third kappa shape index (κ3) is 2.56. The van der Waals surface area contributed by atoms with E-state index in [1.54, 1.807) is 0 Å². The average Bonchev–Trinajstić information content (AvgIpc) is 1.59. The molecule has 0 saturated heterocycles. The van der Waals surface area contributed by atoms with Gasteiger partial charge in [-0.25, -0.2) is 0 Å². The molecule has 0 aromatic heterocycles. The maximum Gasteiger partial charge on any atom is 0 e. The van der Waals surface area contributed by atoms with Gasteiger partial charge in [0.2, 0.25) is 0 Å². The molecule has 54 valence electrons. The van der Waals surface area contributed by atoms with E-state index in [0.717, 1.165) is 0 Å². The second kappa shape index (κ2) is 3.81. The minimum atomic E-state index is 0. The van der Waals surface area contributed by atoms with E-state index < -0.39 is 0 Å². The topological polar surface area (TPSA) is 0 Å². The van der Waals surface area contributed by atoms with E-state index >= 15 is 0 Å². The van der Waals surface area contributed by atoms with Gasteiger partial charge in [0, 0.05) is 17.4 Å². The molecule has 0 amide bonds. The van der Waals surface area contributed by atoms with Gasteiger partial charge in [-0.2, -0.15) is 0 Å². The summed E-state index contributed by atoms with van der Waals surface area (Å²) in [5, 5.41) is 0. The Kier molecular flexibility index (Phi) is 3.71. The van der Waals surface area contributed by atoms with E-state index in [0.29, 0.717) is 0 Å². The molecule has 0 bridgehead atoms. The molecule has 0 aliphatic carbocycles. The smallest absolute Gasteiger partial charge is 0 e. The Morgan fingerprint density at radius 2 is 0.900 bits per heavy atom. The van der Waals surface area contributed by atoms with Gasteiger partial charge in [0.15, 0.2) is 0 Å². The van der Waals surface area contributed by atoms with E-state index in [4.69, 9.17) is 0 Å². The molecule has 0 heterocycles. The molecule has 0 radical (unpaired) electrons. The van der Waals surface area contributed by atoms with Crippen LogP contribution >= 0.6 is 0 Å². The van der Waals surface area contributed by atoms with Gasteiger partial charge in [-0.3, -0.25) is 0 Å². The molecule has 0 saturated carbocycles. The van der Waals surface area contributed by atoms with E-state index in [1.807, 2.05) is 0 Å². The van der Waals surface area contributed by atoms with Crippen LogP contribution in [0.5, 0.6) is 0 Å². The largest absolute Gasteiger partial charge is 0.0564 e. The summed E-state index contributed by atoms with van der Waals surface area (Å²) in [6, 6.07) is 6.56. The van der Waals surface area contributed by atoms with Crippen molar-refractivity contribution in [1.29, 1.82) is 0 Å². The Labute approximate surface area is 73.4 Å². The predicted molar refractivity (Wildman–Crippen MR) is 40.7 cm³/mol. The fourth-order valence-corrected chi connectivity index (χ4v) is 1.20. The van der Waals surface area contributed by atoms with Crippen molar-refractivity contribution in [2.45, 2.75) is 20.8 Å². The van der Waals surface area contributed by atoms with Crippen molar-refractivity contribution in [3.63, 3.8) is 0 Å². The van der Waals surface area contributed by atoms with Gasteiger partial charge in [-0.15, -0.1) is 0 Å². The monoisotopic (exact) mass is 172 g/mol. The molecule has 0 atom stereocenters. The van der Waals surface area contributed by atoms with Crippen LogP contribution in [0.4, 0.5) is 0 Å². The Hall–Kier alpha value is -0.248. The first kappa shape index (κ1) is 9.75. The Morgan fingerprint density at radius 3 is 1.10 bits per heavy atom. The number of aryl methyl sites for hydroxylation is 3. The Bertz CT molecular complexity index is 165. The van der Waals surface area contributed by atoms with Gasteiger partial charge in [0.25, 0.3) is 0 Å². The molecule has 0 aliphatic heterocycles. The first-order valence-corrected chi connectivity index (χ1v) is 3.23. The molecule has 0 nitrogen and oxygen atoms in total. The van der Waals surface area contributed by atoms with Crippen molar-refractivity contribution >= 4 is 0 Å². The molecular weight excluding hydrogens is 160 g/mol. The fraction of sp³-hybridized carbons (Fsp3) is 0.333. The maximum absolute atomic E-state index is 2.19. The van der Waals surface area contributed by atoms with Crippen LogP contribution < -0.4 is 0 Å². The Morgan fingerprint density at radius 1 is 0.700 bits per heavy atom. The number of hydrogen-bond donors (Lipinski definition) is 0. The zero-order valence-electron chi connectivity index (χ0n) is 6.64. The van der Waals surface area contributed by atoms with Gasteiger partial charge in [0.1, 0.15) is 0 Å². The zero-order valence-corrected chi connectivity index (χ0v) is 7.92. The second-order valence-corrected chi connectivity index (χ2v) is 2.67. The SMILES string of the molecule is Cc1cc(C)cc(C)c1.[Cr]. The van der Waals surface area contributed by atoms with E-state index in [-0.39, 0.29) is 17.4 Å². The fourth-order valence-electron chi connectivity index (χ4n) is 1.20. The molecule has 0 fully saturated rings. The minimum absolute atomic E-state index is 0. The summed E-state index contributed by atoms with van der Waals surface area (Å²) in [7, 11) is 0. The summed E-state index contributed by atoms with van der Waals surface area (Å²) in [4.78, 5) is 0. The van der Waals surface area contributed by atoms with Crippen molar-refractivity contribution in [3.05, 3.63) is 34.9 Å². The van der Waals surface area contributed by atoms with Crippen LogP contribution in [0.15, 0.2) is 18.2 Å². The van der Waals surface area contributed by atoms with Crippen LogP contribution in [0.25, 0.3) is 0 Å². The summed E-state index contributed by atoms with van der Waals surface area (Å²) >= 11 is 0. The summed E-state index contributed by atoms with van der Waals surface area (Å²) in [6.45, 7) is 6.38. The van der Waals surface area contributed by atoms with E-state index in [1.165, 1.54) is 16.7 Å². The van der Waals surface area contributed by atoms with E-state index in [2.05, 4.69) is 39.0 Å². The van der Waals surface area contributed by atoms with Gasteiger partial charge >= 0.3 is 0 Å². The van der Waals surface area contributed by atoms with E-state index in [9.17, 15) is 0 Å². The molecule has 0 spiro atoms. The normalized spacial score (nSPS) is 8.70. The van der Waals surface area contributed by atoms with Gasteiger partial charge < -0.3 is 0 Å². The summed E-state index contributed by atoms with van der Waals surface area (Å²) in [5.41, 5.74) is 4.06. The molecule has 10 heavy (non-hydrogen) atoms. The van der Waals surface area contributed by atoms with Gasteiger partial charge in [-0.1, -0.05) is 34.9 Å². The molecule has 0 N–H and O–H groups in total. The standard InChI is InChI=1S/C9H12.Cr/c1-7-4-8(2)6-9(3)5-7;/h4-6H,1-3H3;. The van der Waals surface area contributed by atoms with Crippen molar-refractivity contribution < 1.29 is 17.4 Å². The third-order valence-electron chi connectivity index (χ3n) is 1.37. The van der Waals surface area contributed by atoms with Gasteiger partial charge in [0.05, 0.1) is 0 Å². The maximum atomic E-state index is 2.19. The van der Waals surface area contributed by atoms with Crippen LogP contribution in [-0.2, 0) is 17.4 Å². The van der Waals surface area contributed by atoms with Crippen LogP contribution in [0, 0.1) is 20.8 Å². The third-order valence-corrected chi connectivity index (χ3v) is 1.37. The molecule has 0 unspecified atom stereocenters. The first-order valence-electron chi connectivity index (χ1n) is 3.23. The average molecular weight is 172 g/mol. The molecule has 0 aliphatic rings. The van der Waals surface area contributed by atoms with Crippen molar-refractivity contribution in [3.8, 4) is 0 Å². The molecular formula is C9H12Cr. The summed E-state index contributed by atoms with van der Waals surface area (Å²) < 4.78 is 0. The molecule has 1 heteroatoms. The van der Waals surface area contributed by atoms with Gasteiger partial charge in [-0.05, 0) is 20.8 Å². The number of hydrogen-bond acceptors (Lipinski definition) is 0. The quantitative estimate of drug-likeness (QED) is 0.564. The zero-order chi connectivity index (χ0) is 6.85. The van der Waals surface area contributed by atoms with Crippen LogP contribution in [0.1, 0.15) is 16.7 Å². The number of rotatable bonds is 0. The Balaban J connectivity index is 0.000000810. The van der Waals surface area contributed by atoms with Crippen molar-refractivity contribution in [1.82, 2.24) is 0 Å². The predicted octanol–water partition coefficient (Wildman–Crippen LogP) is 2.61. The molecule has 1 rings (SSSR count). The minimum Gasteiger partial charge on any atom is -0.0564 e. The van der Waals surface area contributed by atoms with Crippen LogP contribution in [0.2, 0.25) is 0 Å². The van der Waals surface area contributed by atoms with Crippen LogP contribution in [-0.4, -0.2) is 0 Å². The second-order valence-electron chi connectivity index (χ2n) is 2.67. The summed E-state index contributed by atoms with van der Waals surface area (Å²) in [5.74, 6) is 0. The number of benzene rings is 1. The summed E-state index contributed by atoms with van der Waals surface area (Å²) in [6.07, 6.45) is 0. The van der Waals surface area contributed by atoms with Crippen LogP contribution in [0.3, 0.4) is 0 Å².